The molecule has 1 rings (SSSR count). The highest BCUT2D eigenvalue weighted by molar-refractivity contribution is 7.89. The maximum absolute atomic E-state index is 12.0. The van der Waals surface area contributed by atoms with Crippen LogP contribution in [0.1, 0.15) is 41.8 Å². The van der Waals surface area contributed by atoms with Gasteiger partial charge < -0.3 is 14.8 Å². The van der Waals surface area contributed by atoms with Gasteiger partial charge in [-0.2, -0.15) is 0 Å². The van der Waals surface area contributed by atoms with Crippen LogP contribution in [-0.4, -0.2) is 39.0 Å². The SMILES string of the molecule is CNS(=O)(=O)c1cc(C(=O)NCCCCCC(=O)O)c(C)o1. The molecule has 1 amide bonds. The van der Waals surface area contributed by atoms with Crippen molar-refractivity contribution in [2.45, 2.75) is 37.7 Å². The van der Waals surface area contributed by atoms with Gasteiger partial charge in [-0.3, -0.25) is 9.59 Å². The average molecular weight is 332 g/mol. The quantitative estimate of drug-likeness (QED) is 0.576. The lowest BCUT2D eigenvalue weighted by molar-refractivity contribution is -0.137. The van der Waals surface area contributed by atoms with E-state index in [2.05, 4.69) is 10.0 Å². The van der Waals surface area contributed by atoms with Crippen LogP contribution in [0.25, 0.3) is 0 Å². The standard InChI is InChI=1S/C13H20N2O6S/c1-9-10(8-12(21-9)22(19,20)14-2)13(18)15-7-5-3-4-6-11(16)17/h8,14H,3-7H2,1-2H3,(H,15,18)(H,16,17). The molecule has 1 heterocycles. The first kappa shape index (κ1) is 18.2. The lowest BCUT2D eigenvalue weighted by Gasteiger charge is -2.03. The van der Waals surface area contributed by atoms with Gasteiger partial charge in [0.2, 0.25) is 5.09 Å². The molecule has 3 N–H and O–H groups in total. The number of amides is 1. The van der Waals surface area contributed by atoms with Gasteiger partial charge in [0.05, 0.1) is 5.56 Å². The first-order valence-electron chi connectivity index (χ1n) is 6.82. The third-order valence-electron chi connectivity index (χ3n) is 3.03. The lowest BCUT2D eigenvalue weighted by Crippen LogP contribution is -2.24. The minimum absolute atomic E-state index is 0.111. The second-order valence-electron chi connectivity index (χ2n) is 4.70. The molecule has 0 unspecified atom stereocenters. The highest BCUT2D eigenvalue weighted by Gasteiger charge is 2.22. The molecule has 0 radical (unpaired) electrons. The Morgan fingerprint density at radius 3 is 2.55 bits per heavy atom. The van der Waals surface area contributed by atoms with Crippen LogP contribution >= 0.6 is 0 Å². The summed E-state index contributed by atoms with van der Waals surface area (Å²) in [5.41, 5.74) is 0.166. The Morgan fingerprint density at radius 1 is 1.27 bits per heavy atom. The smallest absolute Gasteiger partial charge is 0.303 e. The van der Waals surface area contributed by atoms with Gasteiger partial charge >= 0.3 is 5.97 Å². The molecule has 0 saturated carbocycles. The van der Waals surface area contributed by atoms with Crippen molar-refractivity contribution in [3.05, 3.63) is 17.4 Å². The summed E-state index contributed by atoms with van der Waals surface area (Å²) in [5.74, 6) is -1.04. The zero-order valence-electron chi connectivity index (χ0n) is 12.5. The molecule has 22 heavy (non-hydrogen) atoms. The van der Waals surface area contributed by atoms with E-state index in [0.29, 0.717) is 25.8 Å². The number of carbonyl (C=O) groups is 2. The first-order valence-corrected chi connectivity index (χ1v) is 8.30. The van der Waals surface area contributed by atoms with Crippen molar-refractivity contribution in [3.63, 3.8) is 0 Å². The molecule has 0 aliphatic carbocycles. The molecule has 1 aromatic rings. The van der Waals surface area contributed by atoms with Gasteiger partial charge in [0.15, 0.2) is 0 Å². The molecule has 0 aliphatic heterocycles. The third kappa shape index (κ3) is 5.15. The van der Waals surface area contributed by atoms with E-state index in [-0.39, 0.29) is 22.8 Å². The fraction of sp³-hybridized carbons (Fsp3) is 0.538. The Bertz CT molecular complexity index is 635. The van der Waals surface area contributed by atoms with Crippen LogP contribution in [0.3, 0.4) is 0 Å². The summed E-state index contributed by atoms with van der Waals surface area (Å²) in [4.78, 5) is 22.3. The summed E-state index contributed by atoms with van der Waals surface area (Å²) >= 11 is 0. The predicted octanol–water partition coefficient (Wildman–Crippen LogP) is 0.871. The van der Waals surface area contributed by atoms with E-state index >= 15 is 0 Å². The van der Waals surface area contributed by atoms with Crippen LogP contribution < -0.4 is 10.0 Å². The van der Waals surface area contributed by atoms with E-state index in [1.807, 2.05) is 0 Å². The van der Waals surface area contributed by atoms with Crippen molar-refractivity contribution in [3.8, 4) is 0 Å². The number of carboxylic acids is 1. The van der Waals surface area contributed by atoms with Crippen molar-refractivity contribution in [1.82, 2.24) is 10.0 Å². The number of sulfonamides is 1. The van der Waals surface area contributed by atoms with Crippen LogP contribution in [-0.2, 0) is 14.8 Å². The number of carboxylic acid groups (broad SMARTS) is 1. The molecule has 124 valence electrons. The van der Waals surface area contributed by atoms with Gasteiger partial charge in [0, 0.05) is 19.0 Å². The van der Waals surface area contributed by atoms with Gasteiger partial charge in [0.25, 0.3) is 15.9 Å². The summed E-state index contributed by atoms with van der Waals surface area (Å²) < 4.78 is 30.4. The second kappa shape index (κ2) is 7.95. The fourth-order valence-corrected chi connectivity index (χ4v) is 2.50. The molecule has 9 heteroatoms. The van der Waals surface area contributed by atoms with Crippen molar-refractivity contribution in [1.29, 1.82) is 0 Å². The van der Waals surface area contributed by atoms with Crippen molar-refractivity contribution in [2.24, 2.45) is 0 Å². The van der Waals surface area contributed by atoms with Crippen LogP contribution in [0.2, 0.25) is 0 Å². The third-order valence-corrected chi connectivity index (χ3v) is 4.29. The van der Waals surface area contributed by atoms with Crippen LogP contribution in [0.15, 0.2) is 15.6 Å². The molecule has 1 aromatic heterocycles. The number of nitrogens with one attached hydrogen (secondary N) is 2. The second-order valence-corrected chi connectivity index (χ2v) is 6.52. The highest BCUT2D eigenvalue weighted by atomic mass is 32.2. The Labute approximate surface area is 128 Å². The summed E-state index contributed by atoms with van der Waals surface area (Å²) in [5, 5.41) is 10.8. The minimum atomic E-state index is -3.73. The topological polar surface area (TPSA) is 126 Å². The number of furan rings is 1. The maximum atomic E-state index is 12.0. The first-order chi connectivity index (χ1) is 10.3. The molecule has 0 aromatic carbocycles. The van der Waals surface area contributed by atoms with E-state index in [9.17, 15) is 18.0 Å². The van der Waals surface area contributed by atoms with Gasteiger partial charge in [-0.05, 0) is 26.8 Å². The van der Waals surface area contributed by atoms with E-state index in [1.165, 1.54) is 20.0 Å². The van der Waals surface area contributed by atoms with Crippen LogP contribution in [0, 0.1) is 6.92 Å². The van der Waals surface area contributed by atoms with E-state index < -0.39 is 21.9 Å². The van der Waals surface area contributed by atoms with Gasteiger partial charge in [0.1, 0.15) is 5.76 Å². The summed E-state index contributed by atoms with van der Waals surface area (Å²) in [7, 11) is -2.47. The Morgan fingerprint density at radius 2 is 1.95 bits per heavy atom. The number of hydrogen-bond donors (Lipinski definition) is 3. The zero-order valence-corrected chi connectivity index (χ0v) is 13.3. The minimum Gasteiger partial charge on any atom is -0.481 e. The van der Waals surface area contributed by atoms with Gasteiger partial charge in [-0.25, -0.2) is 13.1 Å². The number of rotatable bonds is 9. The molecular weight excluding hydrogens is 312 g/mol. The lowest BCUT2D eigenvalue weighted by atomic mass is 10.2. The Kier molecular flexibility index (Phi) is 6.57. The number of aryl methyl sites for hydroxylation is 1. The summed E-state index contributed by atoms with van der Waals surface area (Å²) in [6.07, 6.45) is 2.01. The normalized spacial score (nSPS) is 11.4. The molecule has 0 bridgehead atoms. The number of carbonyl (C=O) groups excluding carboxylic acids is 1. The van der Waals surface area contributed by atoms with Crippen molar-refractivity contribution >= 4 is 21.9 Å². The van der Waals surface area contributed by atoms with E-state index in [1.54, 1.807) is 0 Å². The predicted molar refractivity (Wildman–Crippen MR) is 78.1 cm³/mol. The molecule has 0 atom stereocenters. The summed E-state index contributed by atoms with van der Waals surface area (Å²) in [6.45, 7) is 1.90. The molecule has 0 saturated heterocycles. The number of aliphatic carboxylic acids is 1. The summed E-state index contributed by atoms with van der Waals surface area (Å²) in [6, 6.07) is 1.18. The molecule has 0 aliphatic rings. The maximum Gasteiger partial charge on any atom is 0.303 e. The van der Waals surface area contributed by atoms with Gasteiger partial charge in [-0.1, -0.05) is 6.42 Å². The molecular formula is C13H20N2O6S. The fourth-order valence-electron chi connectivity index (χ4n) is 1.79. The molecule has 0 spiro atoms. The monoisotopic (exact) mass is 332 g/mol. The number of unbranched alkanes of at least 4 members (excludes halogenated alkanes) is 2. The van der Waals surface area contributed by atoms with Crippen molar-refractivity contribution in [2.75, 3.05) is 13.6 Å². The Hall–Kier alpha value is -1.87. The van der Waals surface area contributed by atoms with Gasteiger partial charge in [-0.15, -0.1) is 0 Å². The van der Waals surface area contributed by atoms with E-state index in [4.69, 9.17) is 9.52 Å². The Balaban J connectivity index is 2.51. The van der Waals surface area contributed by atoms with E-state index in [0.717, 1.165) is 0 Å². The zero-order chi connectivity index (χ0) is 16.8. The van der Waals surface area contributed by atoms with Crippen LogP contribution in [0.4, 0.5) is 0 Å². The molecule has 0 fully saturated rings. The number of hydrogen-bond acceptors (Lipinski definition) is 5. The highest BCUT2D eigenvalue weighted by Crippen LogP contribution is 2.18. The van der Waals surface area contributed by atoms with Crippen molar-refractivity contribution < 1.29 is 27.5 Å². The average Bonchev–Trinajstić information content (AvgIpc) is 2.85. The largest absolute Gasteiger partial charge is 0.481 e. The van der Waals surface area contributed by atoms with Crippen LogP contribution in [0.5, 0.6) is 0 Å². The molecule has 8 nitrogen and oxygen atoms in total.